The standard InChI is InChI=1S/C35H45FN6O2/c1-23(2)35(22-41-19-29(37-39-41)20-42-26(5)24(3)25(4)38-42)16-9-17-40(21-35)33(43)27-10-15-32(31(36)18-27)44-30-13-11-28(12-14-30)34(6,7)8/h10-15,18-19,23H,9,16-17,20-22H2,1-8H3. The van der Waals surface area contributed by atoms with Crippen LogP contribution in [0.25, 0.3) is 0 Å². The molecule has 2 aromatic heterocycles. The molecule has 5 rings (SSSR count). The number of likely N-dealkylation sites (tertiary alicyclic amines) is 1. The molecule has 0 N–H and O–H groups in total. The molecule has 3 heterocycles. The summed E-state index contributed by atoms with van der Waals surface area (Å²) in [5, 5.41) is 13.5. The zero-order valence-electron chi connectivity index (χ0n) is 27.3. The first-order valence-corrected chi connectivity index (χ1v) is 15.5. The molecular formula is C35H45FN6O2. The molecule has 1 unspecified atom stereocenters. The number of aromatic nitrogens is 5. The molecule has 44 heavy (non-hydrogen) atoms. The van der Waals surface area contributed by atoms with Gasteiger partial charge in [0, 0.05) is 29.8 Å². The molecule has 4 aromatic rings. The van der Waals surface area contributed by atoms with Crippen molar-refractivity contribution in [3.05, 3.63) is 88.3 Å². The van der Waals surface area contributed by atoms with Crippen molar-refractivity contribution in [2.24, 2.45) is 11.3 Å². The minimum atomic E-state index is -0.559. The summed E-state index contributed by atoms with van der Waals surface area (Å²) in [6.45, 7) is 19.4. The van der Waals surface area contributed by atoms with Crippen molar-refractivity contribution < 1.29 is 13.9 Å². The maximum Gasteiger partial charge on any atom is 0.253 e. The van der Waals surface area contributed by atoms with Crippen LogP contribution < -0.4 is 4.74 Å². The highest BCUT2D eigenvalue weighted by Crippen LogP contribution is 2.39. The lowest BCUT2D eigenvalue weighted by Gasteiger charge is -2.45. The van der Waals surface area contributed by atoms with Crippen LogP contribution in [0, 0.1) is 37.9 Å². The van der Waals surface area contributed by atoms with E-state index in [0.717, 1.165) is 29.9 Å². The SMILES string of the molecule is Cc1nn(Cc2cn(CC3(C(C)C)CCCN(C(=O)c4ccc(Oc5ccc(C(C)(C)C)cc5)c(F)c4)C3)nn2)c(C)c1C. The van der Waals surface area contributed by atoms with Gasteiger partial charge in [-0.15, -0.1) is 5.10 Å². The van der Waals surface area contributed by atoms with Crippen molar-refractivity contribution in [1.29, 1.82) is 0 Å². The molecule has 1 atom stereocenters. The fraction of sp³-hybridized carbons (Fsp3) is 0.486. The zero-order chi connectivity index (χ0) is 31.8. The van der Waals surface area contributed by atoms with E-state index in [1.54, 1.807) is 12.1 Å². The second kappa shape index (κ2) is 12.2. The van der Waals surface area contributed by atoms with Crippen LogP contribution in [0.15, 0.2) is 48.7 Å². The zero-order valence-corrected chi connectivity index (χ0v) is 27.3. The molecule has 1 aliphatic heterocycles. The summed E-state index contributed by atoms with van der Waals surface area (Å²) in [4.78, 5) is 15.5. The molecule has 1 amide bonds. The van der Waals surface area contributed by atoms with Gasteiger partial charge < -0.3 is 9.64 Å². The van der Waals surface area contributed by atoms with Crippen molar-refractivity contribution >= 4 is 5.91 Å². The van der Waals surface area contributed by atoms with E-state index in [2.05, 4.69) is 63.9 Å². The van der Waals surface area contributed by atoms with Gasteiger partial charge in [-0.3, -0.25) is 14.2 Å². The van der Waals surface area contributed by atoms with E-state index in [1.165, 1.54) is 17.2 Å². The predicted molar refractivity (Wildman–Crippen MR) is 170 cm³/mol. The molecule has 0 spiro atoms. The third kappa shape index (κ3) is 6.56. The van der Waals surface area contributed by atoms with Gasteiger partial charge in [-0.25, -0.2) is 4.39 Å². The average molecular weight is 601 g/mol. The monoisotopic (exact) mass is 600 g/mol. The number of halogens is 1. The summed E-state index contributed by atoms with van der Waals surface area (Å²) in [6, 6.07) is 12.2. The minimum absolute atomic E-state index is 0.0179. The molecule has 0 saturated carbocycles. The summed E-state index contributed by atoms with van der Waals surface area (Å²) >= 11 is 0. The number of carbonyl (C=O) groups is 1. The lowest BCUT2D eigenvalue weighted by atomic mass is 9.71. The summed E-state index contributed by atoms with van der Waals surface area (Å²) in [6.07, 6.45) is 3.82. The molecule has 2 aromatic carbocycles. The van der Waals surface area contributed by atoms with Gasteiger partial charge in [-0.1, -0.05) is 52.0 Å². The first-order chi connectivity index (χ1) is 20.8. The average Bonchev–Trinajstić information content (AvgIpc) is 3.52. The highest BCUT2D eigenvalue weighted by Gasteiger charge is 2.40. The Labute approximate surface area is 260 Å². The van der Waals surface area contributed by atoms with Gasteiger partial charge in [-0.2, -0.15) is 5.10 Å². The van der Waals surface area contributed by atoms with Crippen LogP contribution in [-0.4, -0.2) is 48.7 Å². The second-order valence-electron chi connectivity index (χ2n) is 13.7. The van der Waals surface area contributed by atoms with Crippen molar-refractivity contribution in [3.8, 4) is 11.5 Å². The smallest absolute Gasteiger partial charge is 0.253 e. The van der Waals surface area contributed by atoms with Crippen molar-refractivity contribution in [3.63, 3.8) is 0 Å². The van der Waals surface area contributed by atoms with Crippen LogP contribution in [0.1, 0.15) is 86.0 Å². The Morgan fingerprint density at radius 2 is 1.82 bits per heavy atom. The van der Waals surface area contributed by atoms with Crippen LogP contribution in [0.3, 0.4) is 0 Å². The highest BCUT2D eigenvalue weighted by atomic mass is 19.1. The van der Waals surface area contributed by atoms with Gasteiger partial charge >= 0.3 is 0 Å². The summed E-state index contributed by atoms with van der Waals surface area (Å²) < 4.78 is 24.9. The van der Waals surface area contributed by atoms with Crippen LogP contribution in [0.5, 0.6) is 11.5 Å². The first kappa shape index (κ1) is 31.4. The molecule has 1 aliphatic rings. The normalized spacial score (nSPS) is 17.4. The number of piperidine rings is 1. The Kier molecular flexibility index (Phi) is 8.69. The molecule has 9 heteroatoms. The molecule has 1 saturated heterocycles. The summed E-state index contributed by atoms with van der Waals surface area (Å²) in [7, 11) is 0. The Hall–Kier alpha value is -4.01. The van der Waals surface area contributed by atoms with Gasteiger partial charge in [-0.05, 0) is 86.4 Å². The molecule has 1 fully saturated rings. The van der Waals surface area contributed by atoms with E-state index in [9.17, 15) is 4.79 Å². The third-order valence-electron chi connectivity index (χ3n) is 9.37. The Morgan fingerprint density at radius 3 is 2.43 bits per heavy atom. The lowest BCUT2D eigenvalue weighted by molar-refractivity contribution is 0.0238. The number of hydrogen-bond acceptors (Lipinski definition) is 5. The Balaban J connectivity index is 1.27. The van der Waals surface area contributed by atoms with Crippen LogP contribution in [-0.2, 0) is 18.5 Å². The van der Waals surface area contributed by atoms with E-state index in [4.69, 9.17) is 4.74 Å². The second-order valence-corrected chi connectivity index (χ2v) is 13.7. The van der Waals surface area contributed by atoms with Crippen molar-refractivity contribution in [1.82, 2.24) is 29.7 Å². The van der Waals surface area contributed by atoms with Crippen molar-refractivity contribution in [2.75, 3.05) is 13.1 Å². The Bertz CT molecular complexity index is 1630. The lowest BCUT2D eigenvalue weighted by Crippen LogP contribution is -2.50. The largest absolute Gasteiger partial charge is 0.454 e. The summed E-state index contributed by atoms with van der Waals surface area (Å²) in [5.41, 5.74) is 5.51. The number of ether oxygens (including phenoxy) is 1. The van der Waals surface area contributed by atoms with Crippen molar-refractivity contribution in [2.45, 2.75) is 86.7 Å². The van der Waals surface area contributed by atoms with E-state index in [0.29, 0.717) is 43.4 Å². The number of benzene rings is 2. The minimum Gasteiger partial charge on any atom is -0.454 e. The number of hydrogen-bond donors (Lipinski definition) is 0. The number of aryl methyl sites for hydroxylation is 1. The number of nitrogens with zero attached hydrogens (tertiary/aromatic N) is 6. The highest BCUT2D eigenvalue weighted by molar-refractivity contribution is 5.94. The van der Waals surface area contributed by atoms with Gasteiger partial charge in [0.15, 0.2) is 11.6 Å². The molecule has 234 valence electrons. The number of carbonyl (C=O) groups excluding carboxylic acids is 1. The van der Waals surface area contributed by atoms with Crippen LogP contribution in [0.2, 0.25) is 0 Å². The van der Waals surface area contributed by atoms with E-state index < -0.39 is 5.82 Å². The maximum atomic E-state index is 15.2. The Morgan fingerprint density at radius 1 is 1.09 bits per heavy atom. The first-order valence-electron chi connectivity index (χ1n) is 15.5. The van der Waals surface area contributed by atoms with E-state index >= 15 is 4.39 Å². The molecule has 8 nitrogen and oxygen atoms in total. The fourth-order valence-electron chi connectivity index (χ4n) is 6.07. The van der Waals surface area contributed by atoms with E-state index in [-0.39, 0.29) is 22.5 Å². The maximum absolute atomic E-state index is 15.2. The predicted octanol–water partition coefficient (Wildman–Crippen LogP) is 7.26. The molecule has 0 bridgehead atoms. The summed E-state index contributed by atoms with van der Waals surface area (Å²) in [5.74, 6) is 0.208. The number of amides is 1. The van der Waals surface area contributed by atoms with Gasteiger partial charge in [0.1, 0.15) is 11.4 Å². The van der Waals surface area contributed by atoms with Crippen LogP contribution >= 0.6 is 0 Å². The third-order valence-corrected chi connectivity index (χ3v) is 9.37. The van der Waals surface area contributed by atoms with Gasteiger partial charge in [0.2, 0.25) is 0 Å². The van der Waals surface area contributed by atoms with Crippen LogP contribution in [0.4, 0.5) is 4.39 Å². The van der Waals surface area contributed by atoms with Gasteiger partial charge in [0.25, 0.3) is 5.91 Å². The molecule has 0 radical (unpaired) electrons. The van der Waals surface area contributed by atoms with Gasteiger partial charge in [0.05, 0.1) is 25.0 Å². The molecule has 0 aliphatic carbocycles. The topological polar surface area (TPSA) is 78.1 Å². The quantitative estimate of drug-likeness (QED) is 0.213. The number of rotatable bonds is 8. The molecular weight excluding hydrogens is 555 g/mol. The fourth-order valence-corrected chi connectivity index (χ4v) is 6.07. The van der Waals surface area contributed by atoms with E-state index in [1.807, 2.05) is 51.6 Å².